The zero-order chi connectivity index (χ0) is 15.5. The number of rotatable bonds is 5. The highest BCUT2D eigenvalue weighted by atomic mass is 32.2. The van der Waals surface area contributed by atoms with E-state index < -0.39 is 32.4 Å². The summed E-state index contributed by atoms with van der Waals surface area (Å²) in [7, 11) is -4.60. The van der Waals surface area contributed by atoms with Crippen LogP contribution in [0.25, 0.3) is 0 Å². The van der Waals surface area contributed by atoms with Crippen LogP contribution in [-0.2, 0) is 21.5 Å². The van der Waals surface area contributed by atoms with Gasteiger partial charge in [-0.15, -0.1) is 0 Å². The highest BCUT2D eigenvalue weighted by Gasteiger charge is 2.25. The number of nitrogens with one attached hydrogen (secondary N) is 1. The SMILES string of the molecule is O=S(=O)(NOCc1ccccc1)c1c(F)cc(F)cc1F. The quantitative estimate of drug-likeness (QED) is 0.862. The van der Waals surface area contributed by atoms with E-state index in [4.69, 9.17) is 4.84 Å². The summed E-state index contributed by atoms with van der Waals surface area (Å²) in [6.07, 6.45) is 0. The van der Waals surface area contributed by atoms with Crippen LogP contribution in [0.3, 0.4) is 0 Å². The van der Waals surface area contributed by atoms with Crippen LogP contribution in [-0.4, -0.2) is 8.42 Å². The van der Waals surface area contributed by atoms with Gasteiger partial charge in [0.25, 0.3) is 10.0 Å². The number of halogens is 3. The summed E-state index contributed by atoms with van der Waals surface area (Å²) in [6.45, 7) is -0.134. The van der Waals surface area contributed by atoms with Crippen LogP contribution in [0.2, 0.25) is 0 Å². The Labute approximate surface area is 119 Å². The Morgan fingerprint density at radius 2 is 1.57 bits per heavy atom. The van der Waals surface area contributed by atoms with Gasteiger partial charge in [-0.1, -0.05) is 35.2 Å². The van der Waals surface area contributed by atoms with E-state index in [0.717, 1.165) is 0 Å². The summed E-state index contributed by atoms with van der Waals surface area (Å²) in [4.78, 5) is 5.01. The van der Waals surface area contributed by atoms with E-state index in [9.17, 15) is 21.6 Å². The standard InChI is InChI=1S/C13H10F3NO3S/c14-10-6-11(15)13(12(16)7-10)21(18,19)17-20-8-9-4-2-1-3-5-9/h1-7,17H,8H2. The average molecular weight is 317 g/mol. The van der Waals surface area contributed by atoms with Crippen molar-refractivity contribution in [1.29, 1.82) is 0 Å². The van der Waals surface area contributed by atoms with Gasteiger partial charge < -0.3 is 0 Å². The fraction of sp³-hybridized carbons (Fsp3) is 0.0769. The van der Waals surface area contributed by atoms with Gasteiger partial charge in [0.1, 0.15) is 17.5 Å². The normalized spacial score (nSPS) is 11.6. The van der Waals surface area contributed by atoms with Crippen LogP contribution in [0.15, 0.2) is 47.4 Å². The van der Waals surface area contributed by atoms with Crippen molar-refractivity contribution in [2.45, 2.75) is 11.5 Å². The Bertz CT molecular complexity index is 713. The molecule has 0 atom stereocenters. The van der Waals surface area contributed by atoms with Crippen molar-refractivity contribution < 1.29 is 26.4 Å². The van der Waals surface area contributed by atoms with Crippen LogP contribution in [0.5, 0.6) is 0 Å². The van der Waals surface area contributed by atoms with Crippen LogP contribution < -0.4 is 4.89 Å². The highest BCUT2D eigenvalue weighted by Crippen LogP contribution is 2.20. The minimum absolute atomic E-state index is 0.134. The number of benzene rings is 2. The second kappa shape index (κ2) is 6.25. The molecule has 21 heavy (non-hydrogen) atoms. The molecule has 0 radical (unpaired) electrons. The van der Waals surface area contributed by atoms with Crippen molar-refractivity contribution in [2.24, 2.45) is 0 Å². The highest BCUT2D eigenvalue weighted by molar-refractivity contribution is 7.89. The lowest BCUT2D eigenvalue weighted by Crippen LogP contribution is -2.26. The van der Waals surface area contributed by atoms with Crippen molar-refractivity contribution in [3.63, 3.8) is 0 Å². The molecule has 2 rings (SSSR count). The maximum atomic E-state index is 13.4. The van der Waals surface area contributed by atoms with Crippen molar-refractivity contribution in [1.82, 2.24) is 4.89 Å². The maximum Gasteiger partial charge on any atom is 0.268 e. The minimum Gasteiger partial charge on any atom is -0.282 e. The molecule has 0 aliphatic heterocycles. The van der Waals surface area contributed by atoms with Gasteiger partial charge >= 0.3 is 0 Å². The molecule has 0 aromatic heterocycles. The van der Waals surface area contributed by atoms with Gasteiger partial charge in [0.15, 0.2) is 4.90 Å². The Kier molecular flexibility index (Phi) is 4.61. The van der Waals surface area contributed by atoms with E-state index in [-0.39, 0.29) is 18.7 Å². The topological polar surface area (TPSA) is 55.4 Å². The smallest absolute Gasteiger partial charge is 0.268 e. The van der Waals surface area contributed by atoms with Gasteiger partial charge in [-0.2, -0.15) is 0 Å². The molecular weight excluding hydrogens is 307 g/mol. The Hall–Kier alpha value is -1.90. The second-order valence-electron chi connectivity index (χ2n) is 4.06. The lowest BCUT2D eigenvalue weighted by Gasteiger charge is -2.09. The monoisotopic (exact) mass is 317 g/mol. The average Bonchev–Trinajstić information content (AvgIpc) is 2.38. The first-order valence-corrected chi connectivity index (χ1v) is 7.20. The second-order valence-corrected chi connectivity index (χ2v) is 5.64. The molecule has 0 bridgehead atoms. The molecule has 0 aliphatic rings. The van der Waals surface area contributed by atoms with Crippen LogP contribution in [0, 0.1) is 17.5 Å². The predicted octanol–water partition coefficient (Wildman–Crippen LogP) is 2.51. The number of hydrogen-bond acceptors (Lipinski definition) is 3. The predicted molar refractivity (Wildman–Crippen MR) is 67.9 cm³/mol. The van der Waals surface area contributed by atoms with Crippen molar-refractivity contribution in [3.8, 4) is 0 Å². The first-order valence-electron chi connectivity index (χ1n) is 5.72. The van der Waals surface area contributed by atoms with Gasteiger partial charge in [-0.3, -0.25) is 4.84 Å². The van der Waals surface area contributed by atoms with Crippen LogP contribution in [0.1, 0.15) is 5.56 Å². The summed E-state index contributed by atoms with van der Waals surface area (Å²) in [5.74, 6) is -4.29. The minimum atomic E-state index is -4.60. The van der Waals surface area contributed by atoms with Gasteiger partial charge in [-0.05, 0) is 5.56 Å². The molecule has 0 aliphatic carbocycles. The molecule has 2 aromatic carbocycles. The zero-order valence-electron chi connectivity index (χ0n) is 10.5. The summed E-state index contributed by atoms with van der Waals surface area (Å²) < 4.78 is 63.0. The molecule has 112 valence electrons. The summed E-state index contributed by atoms with van der Waals surface area (Å²) >= 11 is 0. The number of hydrogen-bond donors (Lipinski definition) is 1. The molecule has 0 heterocycles. The van der Waals surface area contributed by atoms with E-state index in [1.54, 1.807) is 35.2 Å². The van der Waals surface area contributed by atoms with Gasteiger partial charge in [0.2, 0.25) is 0 Å². The molecule has 2 aromatic rings. The van der Waals surface area contributed by atoms with E-state index >= 15 is 0 Å². The van der Waals surface area contributed by atoms with Crippen LogP contribution >= 0.6 is 0 Å². The largest absolute Gasteiger partial charge is 0.282 e. The molecular formula is C13H10F3NO3S. The maximum absolute atomic E-state index is 13.4. The van der Waals surface area contributed by atoms with E-state index in [1.807, 2.05) is 0 Å². The van der Waals surface area contributed by atoms with Crippen molar-refractivity contribution >= 4 is 10.0 Å². The molecule has 0 spiro atoms. The van der Waals surface area contributed by atoms with Gasteiger partial charge in [0.05, 0.1) is 6.61 Å². The molecule has 0 unspecified atom stereocenters. The van der Waals surface area contributed by atoms with Gasteiger partial charge in [-0.25, -0.2) is 21.6 Å². The van der Waals surface area contributed by atoms with E-state index in [1.165, 1.54) is 0 Å². The third-order valence-corrected chi connectivity index (χ3v) is 3.75. The summed E-state index contributed by atoms with van der Waals surface area (Å²) in [6, 6.07) is 9.08. The van der Waals surface area contributed by atoms with Crippen LogP contribution in [0.4, 0.5) is 13.2 Å². The Balaban J connectivity index is 2.12. The van der Waals surface area contributed by atoms with Gasteiger partial charge in [0, 0.05) is 12.1 Å². The lowest BCUT2D eigenvalue weighted by atomic mass is 10.2. The molecule has 4 nitrogen and oxygen atoms in total. The Morgan fingerprint density at radius 1 is 1.00 bits per heavy atom. The fourth-order valence-corrected chi connectivity index (χ4v) is 2.52. The number of sulfonamides is 1. The molecule has 1 N–H and O–H groups in total. The third kappa shape index (κ3) is 3.81. The Morgan fingerprint density at radius 3 is 2.14 bits per heavy atom. The first kappa shape index (κ1) is 15.5. The molecule has 8 heteroatoms. The molecule has 0 fully saturated rings. The lowest BCUT2D eigenvalue weighted by molar-refractivity contribution is 0.0792. The third-order valence-electron chi connectivity index (χ3n) is 2.48. The molecule has 0 saturated heterocycles. The van der Waals surface area contributed by atoms with Crippen molar-refractivity contribution in [2.75, 3.05) is 0 Å². The van der Waals surface area contributed by atoms with Crippen molar-refractivity contribution in [3.05, 3.63) is 65.5 Å². The fourth-order valence-electron chi connectivity index (χ4n) is 1.59. The summed E-state index contributed by atoms with van der Waals surface area (Å²) in [5.41, 5.74) is 0.653. The van der Waals surface area contributed by atoms with E-state index in [0.29, 0.717) is 5.56 Å². The van der Waals surface area contributed by atoms with E-state index in [2.05, 4.69) is 0 Å². The zero-order valence-corrected chi connectivity index (χ0v) is 11.3. The summed E-state index contributed by atoms with van der Waals surface area (Å²) in [5, 5.41) is 0. The first-order chi connectivity index (χ1) is 9.90. The molecule has 0 saturated carbocycles. The molecule has 0 amide bonds.